The lowest BCUT2D eigenvalue weighted by molar-refractivity contribution is -0.118. The van der Waals surface area contributed by atoms with Crippen LogP contribution in [0.5, 0.6) is 0 Å². The quantitative estimate of drug-likeness (QED) is 0.575. The SMILES string of the molecule is Cc1ccc(CN(CC(=O)N(C)c2ccccc2)S(=O)(=O)c2ccc(C)cc2)cc1. The van der Waals surface area contributed by atoms with Crippen molar-refractivity contribution in [2.75, 3.05) is 18.5 Å². The summed E-state index contributed by atoms with van der Waals surface area (Å²) in [5, 5.41) is 0. The zero-order valence-electron chi connectivity index (χ0n) is 17.4. The fourth-order valence-electron chi connectivity index (χ4n) is 3.03. The number of nitrogens with zero attached hydrogens (tertiary/aromatic N) is 2. The molecule has 0 bridgehead atoms. The van der Waals surface area contributed by atoms with Gasteiger partial charge in [-0.25, -0.2) is 8.42 Å². The van der Waals surface area contributed by atoms with E-state index < -0.39 is 10.0 Å². The summed E-state index contributed by atoms with van der Waals surface area (Å²) in [5.74, 6) is -0.302. The van der Waals surface area contributed by atoms with Crippen molar-refractivity contribution in [3.8, 4) is 0 Å². The Balaban J connectivity index is 1.91. The molecule has 3 aromatic rings. The molecule has 0 aliphatic heterocycles. The van der Waals surface area contributed by atoms with Gasteiger partial charge < -0.3 is 4.90 Å². The van der Waals surface area contributed by atoms with Crippen molar-refractivity contribution in [2.45, 2.75) is 25.3 Å². The van der Waals surface area contributed by atoms with Crippen LogP contribution in [0.1, 0.15) is 16.7 Å². The summed E-state index contributed by atoms with van der Waals surface area (Å²) in [6.07, 6.45) is 0. The number of amides is 1. The van der Waals surface area contributed by atoms with Gasteiger partial charge in [0.05, 0.1) is 11.4 Å². The van der Waals surface area contributed by atoms with Gasteiger partial charge in [0.25, 0.3) is 0 Å². The number of likely N-dealkylation sites (N-methyl/N-ethyl adjacent to an activating group) is 1. The van der Waals surface area contributed by atoms with Crippen LogP contribution in [0.25, 0.3) is 0 Å². The van der Waals surface area contributed by atoms with Crippen LogP contribution in [0, 0.1) is 13.8 Å². The number of hydrogen-bond donors (Lipinski definition) is 0. The summed E-state index contributed by atoms with van der Waals surface area (Å²) >= 11 is 0. The van der Waals surface area contributed by atoms with Crippen LogP contribution in [0.3, 0.4) is 0 Å². The summed E-state index contributed by atoms with van der Waals surface area (Å²) in [7, 11) is -2.20. The molecule has 1 amide bonds. The minimum absolute atomic E-state index is 0.116. The minimum Gasteiger partial charge on any atom is -0.314 e. The van der Waals surface area contributed by atoms with Gasteiger partial charge in [0.2, 0.25) is 15.9 Å². The largest absolute Gasteiger partial charge is 0.314 e. The van der Waals surface area contributed by atoms with Crippen molar-refractivity contribution < 1.29 is 13.2 Å². The monoisotopic (exact) mass is 422 g/mol. The Kier molecular flexibility index (Phi) is 6.70. The molecule has 0 aromatic heterocycles. The van der Waals surface area contributed by atoms with Gasteiger partial charge in [-0.3, -0.25) is 4.79 Å². The second kappa shape index (κ2) is 9.24. The molecule has 0 spiro atoms. The number of sulfonamides is 1. The van der Waals surface area contributed by atoms with E-state index >= 15 is 0 Å². The van der Waals surface area contributed by atoms with Gasteiger partial charge in [-0.15, -0.1) is 0 Å². The Bertz CT molecular complexity index is 1090. The molecular formula is C24H26N2O3S. The summed E-state index contributed by atoms with van der Waals surface area (Å²) < 4.78 is 28.0. The first kappa shape index (κ1) is 21.7. The first-order valence-electron chi connectivity index (χ1n) is 9.71. The second-order valence-electron chi connectivity index (χ2n) is 7.36. The predicted octanol–water partition coefficient (Wildman–Crippen LogP) is 4.16. The normalized spacial score (nSPS) is 11.5. The van der Waals surface area contributed by atoms with Crippen LogP contribution >= 0.6 is 0 Å². The third kappa shape index (κ3) is 5.14. The van der Waals surface area contributed by atoms with Crippen LogP contribution in [-0.2, 0) is 21.4 Å². The van der Waals surface area contributed by atoms with E-state index in [1.54, 1.807) is 31.3 Å². The van der Waals surface area contributed by atoms with Gasteiger partial charge in [-0.1, -0.05) is 65.7 Å². The Morgan fingerprint density at radius 3 is 1.90 bits per heavy atom. The molecule has 0 saturated heterocycles. The Labute approximate surface area is 178 Å². The minimum atomic E-state index is -3.85. The van der Waals surface area contributed by atoms with E-state index in [4.69, 9.17) is 0 Å². The van der Waals surface area contributed by atoms with Crippen molar-refractivity contribution in [3.05, 3.63) is 95.6 Å². The van der Waals surface area contributed by atoms with Gasteiger partial charge in [0.1, 0.15) is 0 Å². The number of anilines is 1. The first-order chi connectivity index (χ1) is 14.3. The first-order valence-corrected chi connectivity index (χ1v) is 11.2. The van der Waals surface area contributed by atoms with Crippen molar-refractivity contribution >= 4 is 21.6 Å². The predicted molar refractivity (Wildman–Crippen MR) is 120 cm³/mol. The van der Waals surface area contributed by atoms with E-state index in [2.05, 4.69) is 0 Å². The molecule has 0 fully saturated rings. The Morgan fingerprint density at radius 2 is 1.33 bits per heavy atom. The van der Waals surface area contributed by atoms with E-state index in [0.29, 0.717) is 5.69 Å². The number of carbonyl (C=O) groups is 1. The molecule has 0 heterocycles. The molecule has 30 heavy (non-hydrogen) atoms. The van der Waals surface area contributed by atoms with Gasteiger partial charge in [0.15, 0.2) is 0 Å². The van der Waals surface area contributed by atoms with Gasteiger partial charge in [-0.2, -0.15) is 4.31 Å². The molecule has 0 saturated carbocycles. The van der Waals surface area contributed by atoms with Crippen LogP contribution in [0.4, 0.5) is 5.69 Å². The van der Waals surface area contributed by atoms with E-state index in [1.165, 1.54) is 9.21 Å². The lowest BCUT2D eigenvalue weighted by Gasteiger charge is -2.25. The lowest BCUT2D eigenvalue weighted by Crippen LogP contribution is -2.41. The number of benzene rings is 3. The molecule has 0 atom stereocenters. The second-order valence-corrected chi connectivity index (χ2v) is 9.30. The molecule has 6 heteroatoms. The topological polar surface area (TPSA) is 57.7 Å². The smallest absolute Gasteiger partial charge is 0.243 e. The van der Waals surface area contributed by atoms with Crippen LogP contribution in [0.15, 0.2) is 83.8 Å². The summed E-state index contributed by atoms with van der Waals surface area (Å²) in [6.45, 7) is 3.74. The molecule has 0 aliphatic carbocycles. The van der Waals surface area contributed by atoms with Crippen LogP contribution in [0.2, 0.25) is 0 Å². The van der Waals surface area contributed by atoms with E-state index in [9.17, 15) is 13.2 Å². The molecule has 5 nitrogen and oxygen atoms in total. The molecule has 0 unspecified atom stereocenters. The zero-order valence-corrected chi connectivity index (χ0v) is 18.3. The molecule has 0 radical (unpaired) electrons. The summed E-state index contributed by atoms with van der Waals surface area (Å²) in [5.41, 5.74) is 3.60. The third-order valence-corrected chi connectivity index (χ3v) is 6.77. The fraction of sp³-hybridized carbons (Fsp3) is 0.208. The third-order valence-electron chi connectivity index (χ3n) is 4.97. The maximum Gasteiger partial charge on any atom is 0.243 e. The Morgan fingerprint density at radius 1 is 0.800 bits per heavy atom. The fourth-order valence-corrected chi connectivity index (χ4v) is 4.41. The molecule has 3 rings (SSSR count). The van der Waals surface area contributed by atoms with Crippen LogP contribution < -0.4 is 4.90 Å². The van der Waals surface area contributed by atoms with Gasteiger partial charge >= 0.3 is 0 Å². The maximum absolute atomic E-state index is 13.4. The number of aryl methyl sites for hydroxylation is 2. The van der Waals surface area contributed by atoms with Gasteiger partial charge in [-0.05, 0) is 43.7 Å². The number of carbonyl (C=O) groups excluding carboxylic acids is 1. The Hall–Kier alpha value is -2.96. The van der Waals surface area contributed by atoms with Crippen LogP contribution in [-0.4, -0.2) is 32.2 Å². The highest BCUT2D eigenvalue weighted by Gasteiger charge is 2.28. The molecule has 3 aromatic carbocycles. The standard InChI is InChI=1S/C24H26N2O3S/c1-19-9-13-21(14-10-19)17-26(30(28,29)23-15-11-20(2)12-16-23)18-24(27)25(3)22-7-5-4-6-8-22/h4-16H,17-18H2,1-3H3. The average Bonchev–Trinajstić information content (AvgIpc) is 2.75. The van der Waals surface area contributed by atoms with E-state index in [1.807, 2.05) is 68.4 Å². The summed E-state index contributed by atoms with van der Waals surface area (Å²) in [6, 6.07) is 23.5. The molecule has 156 valence electrons. The van der Waals surface area contributed by atoms with Crippen molar-refractivity contribution in [2.24, 2.45) is 0 Å². The zero-order chi connectivity index (χ0) is 21.7. The number of para-hydroxylation sites is 1. The lowest BCUT2D eigenvalue weighted by atomic mass is 10.1. The average molecular weight is 423 g/mol. The van der Waals surface area contributed by atoms with E-state index in [0.717, 1.165) is 16.7 Å². The molecular weight excluding hydrogens is 396 g/mol. The highest BCUT2D eigenvalue weighted by Crippen LogP contribution is 2.20. The summed E-state index contributed by atoms with van der Waals surface area (Å²) in [4.78, 5) is 14.6. The highest BCUT2D eigenvalue weighted by molar-refractivity contribution is 7.89. The molecule has 0 aliphatic rings. The van der Waals surface area contributed by atoms with Crippen molar-refractivity contribution in [1.82, 2.24) is 4.31 Å². The van der Waals surface area contributed by atoms with E-state index in [-0.39, 0.29) is 23.9 Å². The van der Waals surface area contributed by atoms with Crippen molar-refractivity contribution in [3.63, 3.8) is 0 Å². The number of hydrogen-bond acceptors (Lipinski definition) is 3. The number of rotatable bonds is 7. The van der Waals surface area contributed by atoms with Crippen molar-refractivity contribution in [1.29, 1.82) is 0 Å². The van der Waals surface area contributed by atoms with Gasteiger partial charge in [0, 0.05) is 19.3 Å². The maximum atomic E-state index is 13.4. The highest BCUT2D eigenvalue weighted by atomic mass is 32.2. The molecule has 0 N–H and O–H groups in total.